The lowest BCUT2D eigenvalue weighted by Crippen LogP contribution is -2.13. The first-order chi connectivity index (χ1) is 9.85. The number of rotatable bonds is 2. The molecule has 0 aliphatic rings. The minimum Gasteiger partial charge on any atom is -0.496 e. The Kier molecular flexibility index (Phi) is 3.67. The van der Waals surface area contributed by atoms with Crippen molar-refractivity contribution in [1.82, 2.24) is 9.97 Å². The van der Waals surface area contributed by atoms with Crippen LogP contribution in [0.4, 0.5) is 19.0 Å². The summed E-state index contributed by atoms with van der Waals surface area (Å²) in [5, 5.41) is 8.88. The summed E-state index contributed by atoms with van der Waals surface area (Å²) in [7, 11) is 1.36. The SMILES string of the molecule is COc1ccc(C#N)cc1-c1cc(N)nc(C(F)(F)F)n1. The Morgan fingerprint density at radius 2 is 1.95 bits per heavy atom. The molecule has 0 saturated carbocycles. The number of hydrogen-bond donors (Lipinski definition) is 1. The van der Waals surface area contributed by atoms with Crippen LogP contribution in [0, 0.1) is 11.3 Å². The fourth-order valence-electron chi connectivity index (χ4n) is 1.71. The number of aromatic nitrogens is 2. The third kappa shape index (κ3) is 3.02. The predicted octanol–water partition coefficient (Wildman–Crippen LogP) is 2.62. The minimum absolute atomic E-state index is 0.0659. The van der Waals surface area contributed by atoms with Crippen LogP contribution in [-0.2, 0) is 6.18 Å². The molecule has 0 aliphatic carbocycles. The minimum atomic E-state index is -4.72. The van der Waals surface area contributed by atoms with Crippen LogP contribution in [0.25, 0.3) is 11.3 Å². The van der Waals surface area contributed by atoms with Crippen molar-refractivity contribution in [2.45, 2.75) is 6.18 Å². The van der Waals surface area contributed by atoms with Crippen LogP contribution in [0.15, 0.2) is 24.3 Å². The van der Waals surface area contributed by atoms with Gasteiger partial charge in [0.2, 0.25) is 5.82 Å². The summed E-state index contributed by atoms with van der Waals surface area (Å²) in [5.74, 6) is -1.39. The van der Waals surface area contributed by atoms with Crippen LogP contribution >= 0.6 is 0 Å². The Morgan fingerprint density at radius 1 is 1.24 bits per heavy atom. The maximum Gasteiger partial charge on any atom is 0.451 e. The highest BCUT2D eigenvalue weighted by molar-refractivity contribution is 5.70. The lowest BCUT2D eigenvalue weighted by Gasteiger charge is -2.11. The molecule has 108 valence electrons. The van der Waals surface area contributed by atoms with Gasteiger partial charge in [-0.05, 0) is 18.2 Å². The van der Waals surface area contributed by atoms with Crippen LogP contribution in [0.2, 0.25) is 0 Å². The molecule has 0 unspecified atom stereocenters. The van der Waals surface area contributed by atoms with E-state index in [-0.39, 0.29) is 28.4 Å². The molecule has 1 aromatic heterocycles. The van der Waals surface area contributed by atoms with Gasteiger partial charge in [0.1, 0.15) is 11.6 Å². The maximum atomic E-state index is 12.7. The first-order valence-electron chi connectivity index (χ1n) is 5.65. The van der Waals surface area contributed by atoms with E-state index >= 15 is 0 Å². The summed E-state index contributed by atoms with van der Waals surface area (Å²) in [4.78, 5) is 6.62. The van der Waals surface area contributed by atoms with Gasteiger partial charge in [0.05, 0.1) is 24.4 Å². The van der Waals surface area contributed by atoms with Crippen molar-refractivity contribution in [3.8, 4) is 23.1 Å². The van der Waals surface area contributed by atoms with E-state index in [1.54, 1.807) is 0 Å². The summed E-state index contributed by atoms with van der Waals surface area (Å²) in [6, 6.07) is 7.42. The normalized spacial score (nSPS) is 11.0. The van der Waals surface area contributed by atoms with Crippen molar-refractivity contribution in [2.75, 3.05) is 12.8 Å². The van der Waals surface area contributed by atoms with E-state index in [9.17, 15) is 13.2 Å². The second-order valence-corrected chi connectivity index (χ2v) is 4.03. The van der Waals surface area contributed by atoms with Crippen LogP contribution in [0.3, 0.4) is 0 Å². The Hall–Kier alpha value is -2.82. The van der Waals surface area contributed by atoms with Crippen LogP contribution in [-0.4, -0.2) is 17.1 Å². The molecule has 0 bridgehead atoms. The lowest BCUT2D eigenvalue weighted by molar-refractivity contribution is -0.144. The van der Waals surface area contributed by atoms with E-state index < -0.39 is 12.0 Å². The van der Waals surface area contributed by atoms with Gasteiger partial charge in [0.25, 0.3) is 0 Å². The van der Waals surface area contributed by atoms with Gasteiger partial charge < -0.3 is 10.5 Å². The largest absolute Gasteiger partial charge is 0.496 e. The number of nitrogen functional groups attached to an aromatic ring is 1. The fourth-order valence-corrected chi connectivity index (χ4v) is 1.71. The van der Waals surface area contributed by atoms with Gasteiger partial charge in [0.15, 0.2) is 0 Å². The van der Waals surface area contributed by atoms with E-state index in [4.69, 9.17) is 15.7 Å². The highest BCUT2D eigenvalue weighted by atomic mass is 19.4. The second kappa shape index (κ2) is 5.28. The third-order valence-electron chi connectivity index (χ3n) is 2.60. The number of alkyl halides is 3. The van der Waals surface area contributed by atoms with Gasteiger partial charge in [-0.25, -0.2) is 9.97 Å². The molecule has 21 heavy (non-hydrogen) atoms. The number of benzene rings is 1. The molecule has 5 nitrogen and oxygen atoms in total. The molecule has 1 aromatic carbocycles. The first kappa shape index (κ1) is 14.6. The summed E-state index contributed by atoms with van der Waals surface area (Å²) in [6.45, 7) is 0. The molecule has 8 heteroatoms. The average molecular weight is 294 g/mol. The summed E-state index contributed by atoms with van der Waals surface area (Å²) in [5.41, 5.74) is 5.83. The number of halogens is 3. The van der Waals surface area contributed by atoms with Crippen LogP contribution in [0.5, 0.6) is 5.75 Å². The fraction of sp³-hybridized carbons (Fsp3) is 0.154. The van der Waals surface area contributed by atoms with E-state index in [1.807, 2.05) is 6.07 Å². The molecule has 1 heterocycles. The molecule has 0 aliphatic heterocycles. The van der Waals surface area contributed by atoms with Crippen LogP contribution in [0.1, 0.15) is 11.4 Å². The summed E-state index contributed by atoms with van der Waals surface area (Å²) < 4.78 is 43.3. The molecule has 0 spiro atoms. The lowest BCUT2D eigenvalue weighted by atomic mass is 10.1. The van der Waals surface area contributed by atoms with E-state index in [2.05, 4.69) is 9.97 Å². The van der Waals surface area contributed by atoms with Crippen molar-refractivity contribution < 1.29 is 17.9 Å². The number of nitriles is 1. The highest BCUT2D eigenvalue weighted by Gasteiger charge is 2.35. The Bertz CT molecular complexity index is 722. The van der Waals surface area contributed by atoms with Crippen molar-refractivity contribution in [2.24, 2.45) is 0 Å². The molecule has 0 radical (unpaired) electrons. The molecule has 2 aromatic rings. The number of hydrogen-bond acceptors (Lipinski definition) is 5. The van der Waals surface area contributed by atoms with E-state index in [0.717, 1.165) is 0 Å². The van der Waals surface area contributed by atoms with Gasteiger partial charge >= 0.3 is 6.18 Å². The topological polar surface area (TPSA) is 84.8 Å². The van der Waals surface area contributed by atoms with Crippen molar-refractivity contribution in [1.29, 1.82) is 5.26 Å². The number of nitrogens with zero attached hydrogens (tertiary/aromatic N) is 3. The molecule has 0 fully saturated rings. The highest BCUT2D eigenvalue weighted by Crippen LogP contribution is 2.33. The monoisotopic (exact) mass is 294 g/mol. The van der Waals surface area contributed by atoms with Crippen molar-refractivity contribution >= 4 is 5.82 Å². The van der Waals surface area contributed by atoms with Gasteiger partial charge in [-0.15, -0.1) is 0 Å². The standard InChI is InChI=1S/C13H9F3N4O/c1-21-10-3-2-7(6-17)4-8(10)9-5-11(18)20-12(19-9)13(14,15)16/h2-5H,1H3,(H2,18,19,20). The zero-order valence-corrected chi connectivity index (χ0v) is 10.8. The quantitative estimate of drug-likeness (QED) is 0.920. The third-order valence-corrected chi connectivity index (χ3v) is 2.60. The molecule has 2 N–H and O–H groups in total. The second-order valence-electron chi connectivity index (χ2n) is 4.03. The Morgan fingerprint density at radius 3 is 2.52 bits per heavy atom. The van der Waals surface area contributed by atoms with Crippen LogP contribution < -0.4 is 10.5 Å². The Balaban J connectivity index is 2.67. The summed E-state index contributed by atoms with van der Waals surface area (Å²) >= 11 is 0. The van der Waals surface area contributed by atoms with Gasteiger partial charge in [-0.2, -0.15) is 18.4 Å². The van der Waals surface area contributed by atoms with E-state index in [1.165, 1.54) is 31.4 Å². The van der Waals surface area contributed by atoms with Gasteiger partial charge in [-0.1, -0.05) is 0 Å². The zero-order chi connectivity index (χ0) is 15.6. The van der Waals surface area contributed by atoms with Gasteiger partial charge in [-0.3, -0.25) is 0 Å². The smallest absolute Gasteiger partial charge is 0.451 e. The number of nitrogens with two attached hydrogens (primary N) is 1. The number of anilines is 1. The Labute approximate surface area is 117 Å². The summed E-state index contributed by atoms with van der Waals surface area (Å²) in [6.07, 6.45) is -4.72. The molecular formula is C13H9F3N4O. The molecule has 0 atom stereocenters. The van der Waals surface area contributed by atoms with Crippen molar-refractivity contribution in [3.05, 3.63) is 35.7 Å². The van der Waals surface area contributed by atoms with E-state index in [0.29, 0.717) is 0 Å². The molecule has 2 rings (SSSR count). The molecular weight excluding hydrogens is 285 g/mol. The first-order valence-corrected chi connectivity index (χ1v) is 5.65. The maximum absolute atomic E-state index is 12.7. The predicted molar refractivity (Wildman–Crippen MR) is 68.1 cm³/mol. The van der Waals surface area contributed by atoms with Gasteiger partial charge in [0, 0.05) is 11.6 Å². The number of methoxy groups -OCH3 is 1. The van der Waals surface area contributed by atoms with Crippen molar-refractivity contribution in [3.63, 3.8) is 0 Å². The molecule has 0 saturated heterocycles. The zero-order valence-electron chi connectivity index (χ0n) is 10.8. The number of ether oxygens (including phenoxy) is 1. The average Bonchev–Trinajstić information content (AvgIpc) is 2.45. The molecule has 0 amide bonds.